The molecule has 0 amide bonds. The van der Waals surface area contributed by atoms with Gasteiger partial charge in [0.15, 0.2) is 0 Å². The fourth-order valence-corrected chi connectivity index (χ4v) is 0.183. The molecular formula is C5H9Cl5NNb. The Morgan fingerprint density at radius 3 is 1.42 bits per heavy atom. The Hall–Kier alpha value is 1.68. The summed E-state index contributed by atoms with van der Waals surface area (Å²) < 4.78 is 0. The van der Waals surface area contributed by atoms with Crippen molar-refractivity contribution in [2.24, 2.45) is 5.92 Å². The van der Waals surface area contributed by atoms with Gasteiger partial charge in [0.25, 0.3) is 0 Å². The van der Waals surface area contributed by atoms with Gasteiger partial charge >= 0.3 is 56.4 Å². The van der Waals surface area contributed by atoms with Crippen molar-refractivity contribution in [3.8, 4) is 6.07 Å². The van der Waals surface area contributed by atoms with Crippen LogP contribution in [-0.2, 0) is 10.4 Å². The Labute approximate surface area is 92.9 Å². The number of halogens is 5. The van der Waals surface area contributed by atoms with Crippen molar-refractivity contribution in [3.05, 3.63) is 0 Å². The first-order chi connectivity index (χ1) is 5.01. The van der Waals surface area contributed by atoms with Crippen LogP contribution < -0.4 is 0 Å². The van der Waals surface area contributed by atoms with Crippen LogP contribution in [0, 0.1) is 17.2 Å². The van der Waals surface area contributed by atoms with Crippen molar-refractivity contribution in [3.63, 3.8) is 0 Å². The van der Waals surface area contributed by atoms with Crippen molar-refractivity contribution in [2.45, 2.75) is 20.3 Å². The van der Waals surface area contributed by atoms with Gasteiger partial charge in [-0.2, -0.15) is 5.26 Å². The Morgan fingerprint density at radius 2 is 1.42 bits per heavy atom. The van der Waals surface area contributed by atoms with Crippen LogP contribution in [0.3, 0.4) is 0 Å². The van der Waals surface area contributed by atoms with Crippen molar-refractivity contribution in [1.29, 1.82) is 5.26 Å². The molecule has 0 aromatic heterocycles. The van der Waals surface area contributed by atoms with Crippen LogP contribution in [0.5, 0.6) is 0 Å². The molecule has 0 unspecified atom stereocenters. The van der Waals surface area contributed by atoms with E-state index >= 15 is 0 Å². The molecular weight excluding hydrogens is 344 g/mol. The minimum absolute atomic E-state index is 0.537. The predicted molar refractivity (Wildman–Crippen MR) is 54.3 cm³/mol. The molecule has 0 N–H and O–H groups in total. The Bertz CT molecular complexity index is 148. The summed E-state index contributed by atoms with van der Waals surface area (Å²) in [6.07, 6.45) is 0.681. The molecule has 0 aromatic rings. The van der Waals surface area contributed by atoms with Crippen LogP contribution in [0.1, 0.15) is 20.3 Å². The summed E-state index contributed by atoms with van der Waals surface area (Å²) in [7, 11) is 20.9. The molecule has 12 heavy (non-hydrogen) atoms. The van der Waals surface area contributed by atoms with Gasteiger partial charge in [0.2, 0.25) is 0 Å². The third kappa shape index (κ3) is 60.8. The molecule has 0 bridgehead atoms. The Balaban J connectivity index is 0. The van der Waals surface area contributed by atoms with Gasteiger partial charge in [-0.25, -0.2) is 0 Å². The quantitative estimate of drug-likeness (QED) is 0.609. The predicted octanol–water partition coefficient (Wildman–Crippen LogP) is 5.00. The molecule has 0 spiro atoms. The zero-order chi connectivity index (χ0) is 10.4. The number of hydrogen-bond acceptors (Lipinski definition) is 1. The third-order valence-corrected chi connectivity index (χ3v) is 0.500. The molecule has 7 heteroatoms. The Kier molecular flexibility index (Phi) is 8.35. The zero-order valence-electron chi connectivity index (χ0n) is 6.57. The van der Waals surface area contributed by atoms with E-state index in [2.05, 4.69) is 6.07 Å². The molecule has 0 aromatic carbocycles. The molecule has 0 heterocycles. The first kappa shape index (κ1) is 16.1. The van der Waals surface area contributed by atoms with E-state index in [4.69, 9.17) is 51.2 Å². The van der Waals surface area contributed by atoms with Crippen molar-refractivity contribution < 1.29 is 10.4 Å². The minimum atomic E-state index is -4.33. The first-order valence-corrected chi connectivity index (χ1v) is 17.1. The maximum atomic E-state index is 7.99. The van der Waals surface area contributed by atoms with Gasteiger partial charge in [-0.15, -0.1) is 0 Å². The standard InChI is InChI=1S/C5H9N.5ClH.Nb/c1-5(2)3-4-6;;;;;;/h5H,3H2,1-2H3;5*1H;/q;;;;;;+5/p-5. The summed E-state index contributed by atoms with van der Waals surface area (Å²) >= 11 is 0. The van der Waals surface area contributed by atoms with Crippen LogP contribution in [0.4, 0.5) is 0 Å². The van der Waals surface area contributed by atoms with Crippen LogP contribution in [0.15, 0.2) is 0 Å². The van der Waals surface area contributed by atoms with Crippen LogP contribution in [-0.4, -0.2) is 0 Å². The molecule has 0 rings (SSSR count). The van der Waals surface area contributed by atoms with E-state index in [1.807, 2.05) is 13.8 Å². The van der Waals surface area contributed by atoms with Gasteiger partial charge in [-0.1, -0.05) is 13.8 Å². The van der Waals surface area contributed by atoms with E-state index in [9.17, 15) is 0 Å². The van der Waals surface area contributed by atoms with Gasteiger partial charge < -0.3 is 0 Å². The molecule has 1 nitrogen and oxygen atoms in total. The first-order valence-electron chi connectivity index (χ1n) is 2.99. The fraction of sp³-hybridized carbons (Fsp3) is 0.800. The van der Waals surface area contributed by atoms with E-state index in [0.717, 1.165) is 0 Å². The number of nitrogens with zero attached hydrogens (tertiary/aromatic N) is 1. The number of nitriles is 1. The summed E-state index contributed by atoms with van der Waals surface area (Å²) in [5, 5.41) is 7.99. The topological polar surface area (TPSA) is 23.8 Å². The molecule has 0 saturated heterocycles. The second-order valence-electron chi connectivity index (χ2n) is 2.39. The molecule has 0 aliphatic rings. The van der Waals surface area contributed by atoms with Crippen molar-refractivity contribution >= 4 is 45.9 Å². The monoisotopic (exact) mass is 351 g/mol. The molecule has 0 aliphatic carbocycles. The average Bonchev–Trinajstić information content (AvgIpc) is 1.55. The number of hydrogen-bond donors (Lipinski definition) is 0. The summed E-state index contributed by atoms with van der Waals surface area (Å²) in [6, 6.07) is 2.07. The van der Waals surface area contributed by atoms with E-state index < -0.39 is 10.4 Å². The van der Waals surface area contributed by atoms with Crippen LogP contribution >= 0.6 is 45.9 Å². The van der Waals surface area contributed by atoms with Crippen molar-refractivity contribution in [2.75, 3.05) is 0 Å². The fourth-order valence-electron chi connectivity index (χ4n) is 0.183. The summed E-state index contributed by atoms with van der Waals surface area (Å²) in [5.74, 6) is 0.537. The van der Waals surface area contributed by atoms with Gasteiger partial charge in [-0.05, 0) is 5.92 Å². The number of rotatable bonds is 1. The van der Waals surface area contributed by atoms with Gasteiger partial charge in [0.05, 0.1) is 6.07 Å². The normalized spacial score (nSPS) is 13.8. The second kappa shape index (κ2) is 6.22. The molecule has 74 valence electrons. The molecule has 0 atom stereocenters. The summed E-state index contributed by atoms with van der Waals surface area (Å²) in [5.41, 5.74) is 0. The summed E-state index contributed by atoms with van der Waals surface area (Å²) in [6.45, 7) is 4.06. The molecule has 0 fully saturated rings. The Morgan fingerprint density at radius 1 is 1.17 bits per heavy atom. The summed E-state index contributed by atoms with van der Waals surface area (Å²) in [4.78, 5) is 0. The zero-order valence-corrected chi connectivity index (χ0v) is 12.5. The second-order valence-corrected chi connectivity index (χ2v) is 35.8. The van der Waals surface area contributed by atoms with E-state index in [1.54, 1.807) is 0 Å². The van der Waals surface area contributed by atoms with E-state index in [0.29, 0.717) is 12.3 Å². The third-order valence-electron chi connectivity index (χ3n) is 0.500. The average molecular weight is 353 g/mol. The van der Waals surface area contributed by atoms with Gasteiger partial charge in [0, 0.05) is 6.42 Å². The molecule has 0 radical (unpaired) electrons. The molecule has 0 aliphatic heterocycles. The van der Waals surface area contributed by atoms with E-state index in [1.165, 1.54) is 0 Å². The maximum absolute atomic E-state index is 7.99. The van der Waals surface area contributed by atoms with Gasteiger partial charge in [0.1, 0.15) is 0 Å². The van der Waals surface area contributed by atoms with E-state index in [-0.39, 0.29) is 0 Å². The van der Waals surface area contributed by atoms with Crippen LogP contribution in [0.2, 0.25) is 0 Å². The molecule has 0 saturated carbocycles. The van der Waals surface area contributed by atoms with Gasteiger partial charge in [-0.3, -0.25) is 0 Å². The SMILES string of the molecule is CC(C)CC#N.[Cl][Nb]([Cl])([Cl])([Cl])[Cl]. The van der Waals surface area contributed by atoms with Crippen molar-refractivity contribution in [1.82, 2.24) is 0 Å². The van der Waals surface area contributed by atoms with Crippen LogP contribution in [0.25, 0.3) is 0 Å².